The van der Waals surface area contributed by atoms with Crippen molar-refractivity contribution in [3.05, 3.63) is 72.2 Å². The first-order chi connectivity index (χ1) is 13.5. The van der Waals surface area contributed by atoms with Crippen LogP contribution in [0, 0.1) is 6.92 Å². The summed E-state index contributed by atoms with van der Waals surface area (Å²) in [6, 6.07) is 5.86. The average Bonchev–Trinajstić information content (AvgIpc) is 3.23. The number of nitrogens with zero attached hydrogens (tertiary/aromatic N) is 4. The zero-order valence-electron chi connectivity index (χ0n) is 16.1. The van der Waals surface area contributed by atoms with Crippen molar-refractivity contribution in [3.8, 4) is 0 Å². The van der Waals surface area contributed by atoms with Gasteiger partial charge < -0.3 is 4.74 Å². The Kier molecular flexibility index (Phi) is 5.07. The molecule has 0 amide bonds. The van der Waals surface area contributed by atoms with Crippen LogP contribution in [0.15, 0.2) is 60.8 Å². The summed E-state index contributed by atoms with van der Waals surface area (Å²) in [7, 11) is -1.54. The molecule has 0 bridgehead atoms. The molecular formula is C20H25N4O3S+. The number of aromatic nitrogens is 3. The Labute approximate surface area is 165 Å². The van der Waals surface area contributed by atoms with E-state index in [9.17, 15) is 8.42 Å². The summed E-state index contributed by atoms with van der Waals surface area (Å²) in [5, 5.41) is 0. The third-order valence-electron chi connectivity index (χ3n) is 5.26. The van der Waals surface area contributed by atoms with Crippen LogP contribution in [0.4, 0.5) is 0 Å². The minimum absolute atomic E-state index is 0.0391. The monoisotopic (exact) mass is 401 g/mol. The molecule has 3 heterocycles. The third-order valence-corrected chi connectivity index (χ3v) is 7.13. The number of methoxy groups -OCH3 is 1. The van der Waals surface area contributed by atoms with Crippen molar-refractivity contribution in [1.82, 2.24) is 13.9 Å². The molecule has 0 spiro atoms. The quantitative estimate of drug-likeness (QED) is 0.714. The molecule has 1 fully saturated rings. The number of allylic oxidation sites excluding steroid dienone is 1. The maximum absolute atomic E-state index is 12.2. The summed E-state index contributed by atoms with van der Waals surface area (Å²) in [6.45, 7) is 3.29. The molecule has 4 rings (SSSR count). The molecule has 0 aromatic carbocycles. The van der Waals surface area contributed by atoms with Gasteiger partial charge in [-0.2, -0.15) is 0 Å². The molecule has 2 aliphatic rings. The second kappa shape index (κ2) is 7.52. The molecule has 0 radical (unpaired) electrons. The Morgan fingerprint density at radius 2 is 2.21 bits per heavy atom. The van der Waals surface area contributed by atoms with E-state index >= 15 is 0 Å². The molecule has 2 aromatic rings. The standard InChI is InChI=1S/C20H25N4O3S/c1-16-13-23(15-22(16)14-17-6-3-4-9-21-17)19-8-7-18(12-20(19)27-2)24-10-5-11-28(24,25)26/h3-4,6-9,12-13,15,19-20H,5,10-11,14H2,1-2H3/q+1. The van der Waals surface area contributed by atoms with Gasteiger partial charge in [0.1, 0.15) is 30.6 Å². The molecule has 1 aliphatic heterocycles. The maximum atomic E-state index is 12.2. The Morgan fingerprint density at radius 3 is 2.89 bits per heavy atom. The predicted octanol–water partition coefficient (Wildman–Crippen LogP) is 1.57. The van der Waals surface area contributed by atoms with Gasteiger partial charge in [-0.3, -0.25) is 9.29 Å². The molecule has 0 saturated carbocycles. The van der Waals surface area contributed by atoms with Gasteiger partial charge in [0.05, 0.1) is 17.1 Å². The topological polar surface area (TPSA) is 68.3 Å². The van der Waals surface area contributed by atoms with Crippen LogP contribution < -0.4 is 4.57 Å². The van der Waals surface area contributed by atoms with Crippen molar-refractivity contribution in [3.63, 3.8) is 0 Å². The minimum atomic E-state index is -3.20. The van der Waals surface area contributed by atoms with Crippen LogP contribution in [0.5, 0.6) is 0 Å². The SMILES string of the molecule is COC1C=C(N2CCCS2(=O)=O)C=CC1n1cc(C)[n+](Cc2ccccn2)c1. The summed E-state index contributed by atoms with van der Waals surface area (Å²) in [5.74, 6) is 0.212. The molecule has 7 nitrogen and oxygen atoms in total. The molecular weight excluding hydrogens is 376 g/mol. The number of aryl methyl sites for hydroxylation is 1. The Bertz CT molecular complexity index is 1010. The lowest BCUT2D eigenvalue weighted by Gasteiger charge is -2.26. The molecule has 148 valence electrons. The van der Waals surface area contributed by atoms with Crippen molar-refractivity contribution in [2.24, 2.45) is 0 Å². The van der Waals surface area contributed by atoms with Crippen LogP contribution in [0.25, 0.3) is 0 Å². The first-order valence-electron chi connectivity index (χ1n) is 9.38. The van der Waals surface area contributed by atoms with Gasteiger partial charge in [0.15, 0.2) is 0 Å². The van der Waals surface area contributed by atoms with Gasteiger partial charge in [0.2, 0.25) is 16.4 Å². The summed E-state index contributed by atoms with van der Waals surface area (Å²) in [6.07, 6.45) is 12.2. The largest absolute Gasteiger partial charge is 0.372 e. The van der Waals surface area contributed by atoms with Crippen LogP contribution in [-0.2, 0) is 21.3 Å². The number of ether oxygens (including phenoxy) is 1. The Balaban J connectivity index is 1.57. The van der Waals surface area contributed by atoms with Crippen LogP contribution >= 0.6 is 0 Å². The molecule has 28 heavy (non-hydrogen) atoms. The van der Waals surface area contributed by atoms with Gasteiger partial charge in [0, 0.05) is 26.8 Å². The fourth-order valence-corrected chi connectivity index (χ4v) is 5.34. The van der Waals surface area contributed by atoms with E-state index in [1.54, 1.807) is 13.3 Å². The number of rotatable bonds is 5. The predicted molar refractivity (Wildman–Crippen MR) is 105 cm³/mol. The molecule has 0 N–H and O–H groups in total. The number of pyridine rings is 1. The third kappa shape index (κ3) is 3.62. The fraction of sp³-hybridized carbons (Fsp3) is 0.400. The molecule has 2 unspecified atom stereocenters. The lowest BCUT2D eigenvalue weighted by molar-refractivity contribution is -0.694. The normalized spacial score (nSPS) is 23.8. The summed E-state index contributed by atoms with van der Waals surface area (Å²) >= 11 is 0. The second-order valence-electron chi connectivity index (χ2n) is 7.17. The van der Waals surface area contributed by atoms with Gasteiger partial charge in [-0.25, -0.2) is 17.6 Å². The zero-order valence-corrected chi connectivity index (χ0v) is 16.9. The number of hydrogen-bond acceptors (Lipinski definition) is 4. The lowest BCUT2D eigenvalue weighted by atomic mass is 10.0. The van der Waals surface area contributed by atoms with Crippen LogP contribution in [0.3, 0.4) is 0 Å². The highest BCUT2D eigenvalue weighted by atomic mass is 32.2. The fourth-order valence-electron chi connectivity index (χ4n) is 3.77. The number of imidazole rings is 1. The summed E-state index contributed by atoms with van der Waals surface area (Å²) < 4.78 is 35.9. The summed E-state index contributed by atoms with van der Waals surface area (Å²) in [4.78, 5) is 4.39. The Morgan fingerprint density at radius 1 is 1.36 bits per heavy atom. The highest BCUT2D eigenvalue weighted by Gasteiger charge is 2.34. The molecule has 2 atom stereocenters. The van der Waals surface area contributed by atoms with Crippen LogP contribution in [0.1, 0.15) is 23.9 Å². The maximum Gasteiger partial charge on any atom is 0.244 e. The lowest BCUT2D eigenvalue weighted by Crippen LogP contribution is -2.36. The van der Waals surface area contributed by atoms with Gasteiger partial charge >= 0.3 is 0 Å². The average molecular weight is 402 g/mol. The number of sulfonamides is 1. The van der Waals surface area contributed by atoms with Crippen LogP contribution in [0.2, 0.25) is 0 Å². The van der Waals surface area contributed by atoms with Crippen molar-refractivity contribution in [2.45, 2.75) is 32.0 Å². The van der Waals surface area contributed by atoms with Crippen LogP contribution in [-0.4, -0.2) is 47.8 Å². The highest BCUT2D eigenvalue weighted by molar-refractivity contribution is 7.89. The highest BCUT2D eigenvalue weighted by Crippen LogP contribution is 2.29. The minimum Gasteiger partial charge on any atom is -0.372 e. The molecule has 8 heteroatoms. The van der Waals surface area contributed by atoms with E-state index in [-0.39, 0.29) is 17.9 Å². The first-order valence-corrected chi connectivity index (χ1v) is 11.0. The van der Waals surface area contributed by atoms with E-state index in [0.717, 1.165) is 11.4 Å². The van der Waals surface area contributed by atoms with E-state index < -0.39 is 10.0 Å². The zero-order chi connectivity index (χ0) is 19.7. The van der Waals surface area contributed by atoms with Crippen molar-refractivity contribution < 1.29 is 17.7 Å². The van der Waals surface area contributed by atoms with Gasteiger partial charge in [-0.15, -0.1) is 0 Å². The van der Waals surface area contributed by atoms with Gasteiger partial charge in [-0.05, 0) is 36.8 Å². The van der Waals surface area contributed by atoms with Crippen molar-refractivity contribution >= 4 is 10.0 Å². The van der Waals surface area contributed by atoms with E-state index in [0.29, 0.717) is 25.2 Å². The van der Waals surface area contributed by atoms with E-state index in [2.05, 4.69) is 33.6 Å². The smallest absolute Gasteiger partial charge is 0.244 e. The molecule has 1 saturated heterocycles. The van der Waals surface area contributed by atoms with E-state index in [4.69, 9.17) is 4.74 Å². The van der Waals surface area contributed by atoms with Crippen molar-refractivity contribution in [2.75, 3.05) is 19.4 Å². The Hall–Kier alpha value is -2.45. The second-order valence-corrected chi connectivity index (χ2v) is 9.18. The first kappa shape index (κ1) is 18.9. The molecule has 2 aromatic heterocycles. The van der Waals surface area contributed by atoms with Crippen molar-refractivity contribution in [1.29, 1.82) is 0 Å². The summed E-state index contributed by atoms with van der Waals surface area (Å²) in [5.41, 5.74) is 2.81. The van der Waals surface area contributed by atoms with E-state index in [1.807, 2.05) is 36.4 Å². The van der Waals surface area contributed by atoms with Gasteiger partial charge in [0.25, 0.3) is 0 Å². The molecule has 1 aliphatic carbocycles. The van der Waals surface area contributed by atoms with E-state index in [1.165, 1.54) is 4.31 Å². The number of hydrogen-bond donors (Lipinski definition) is 0. The van der Waals surface area contributed by atoms with Gasteiger partial charge in [-0.1, -0.05) is 6.07 Å².